The summed E-state index contributed by atoms with van der Waals surface area (Å²) in [6.45, 7) is 1.39. The lowest BCUT2D eigenvalue weighted by atomic mass is 10.3. The fourth-order valence-electron chi connectivity index (χ4n) is 2.36. The minimum absolute atomic E-state index is 0.0376. The average molecular weight is 404 g/mol. The maximum Gasteiger partial charge on any atom is 0.252 e. The van der Waals surface area contributed by atoms with Crippen LogP contribution in [0.1, 0.15) is 4.88 Å². The van der Waals surface area contributed by atoms with Gasteiger partial charge in [0, 0.05) is 28.9 Å². The second-order valence-corrected chi connectivity index (χ2v) is 8.84. The van der Waals surface area contributed by atoms with Gasteiger partial charge in [-0.15, -0.1) is 23.1 Å². The first-order chi connectivity index (χ1) is 12.6. The minimum Gasteiger partial charge on any atom is -0.308 e. The van der Waals surface area contributed by atoms with Crippen molar-refractivity contribution in [1.82, 2.24) is 9.88 Å². The van der Waals surface area contributed by atoms with Crippen LogP contribution in [0.25, 0.3) is 16.3 Å². The molecule has 0 aliphatic rings. The Labute approximate surface area is 166 Å². The third-order valence-corrected chi connectivity index (χ3v) is 6.39. The highest BCUT2D eigenvalue weighted by atomic mass is 32.2. The number of hydrogen-bond donors (Lipinski definition) is 0. The van der Waals surface area contributed by atoms with Crippen LogP contribution in [-0.4, -0.2) is 49.2 Å². The molecule has 1 aromatic carbocycles. The van der Waals surface area contributed by atoms with E-state index in [2.05, 4.69) is 23.3 Å². The van der Waals surface area contributed by atoms with Crippen molar-refractivity contribution in [1.29, 1.82) is 0 Å². The molecule has 1 amide bonds. The molecule has 0 saturated heterocycles. The molecular formula is C19H21N3OS3. The van der Waals surface area contributed by atoms with Gasteiger partial charge in [-0.1, -0.05) is 17.4 Å². The number of anilines is 1. The number of thioether (sulfide) groups is 1. The van der Waals surface area contributed by atoms with Gasteiger partial charge in [-0.05, 0) is 56.1 Å². The van der Waals surface area contributed by atoms with Crippen molar-refractivity contribution in [3.8, 4) is 0 Å². The van der Waals surface area contributed by atoms with Crippen LogP contribution in [-0.2, 0) is 4.79 Å². The van der Waals surface area contributed by atoms with Crippen LogP contribution in [0.5, 0.6) is 0 Å². The van der Waals surface area contributed by atoms with Crippen LogP contribution in [0.15, 0.2) is 46.7 Å². The van der Waals surface area contributed by atoms with E-state index in [1.54, 1.807) is 45.4 Å². The standard InChI is InChI=1S/C19H21N3OS3/c1-21(2)10-11-22(18(23)9-7-14-5-4-12-25-14)19-20-16-8-6-15(24-3)13-17(16)26-19/h4-9,12-13H,10-11H2,1-3H3/b9-7+. The zero-order valence-electron chi connectivity index (χ0n) is 15.0. The van der Waals surface area contributed by atoms with Crippen molar-refractivity contribution < 1.29 is 4.79 Å². The lowest BCUT2D eigenvalue weighted by molar-refractivity contribution is -0.114. The third-order valence-electron chi connectivity index (χ3n) is 3.79. The Hall–Kier alpha value is -1.67. The van der Waals surface area contributed by atoms with Gasteiger partial charge in [-0.3, -0.25) is 9.69 Å². The topological polar surface area (TPSA) is 36.4 Å². The second-order valence-electron chi connectivity index (χ2n) is 5.97. The van der Waals surface area contributed by atoms with Gasteiger partial charge < -0.3 is 4.90 Å². The van der Waals surface area contributed by atoms with E-state index in [4.69, 9.17) is 4.98 Å². The van der Waals surface area contributed by atoms with E-state index in [1.807, 2.05) is 43.8 Å². The molecule has 0 atom stereocenters. The summed E-state index contributed by atoms with van der Waals surface area (Å²) >= 11 is 4.90. The molecule has 3 rings (SSSR count). The van der Waals surface area contributed by atoms with Gasteiger partial charge in [0.25, 0.3) is 5.91 Å². The number of benzene rings is 1. The van der Waals surface area contributed by atoms with E-state index in [-0.39, 0.29) is 5.91 Å². The van der Waals surface area contributed by atoms with Crippen LogP contribution in [0.4, 0.5) is 5.13 Å². The molecular weight excluding hydrogens is 382 g/mol. The van der Waals surface area contributed by atoms with Crippen LogP contribution in [0.3, 0.4) is 0 Å². The Bertz CT molecular complexity index is 900. The normalized spacial score (nSPS) is 11.7. The van der Waals surface area contributed by atoms with Gasteiger partial charge in [0.15, 0.2) is 5.13 Å². The molecule has 136 valence electrons. The Morgan fingerprint density at radius 3 is 2.81 bits per heavy atom. The molecule has 0 bridgehead atoms. The van der Waals surface area contributed by atoms with Gasteiger partial charge in [-0.2, -0.15) is 0 Å². The summed E-state index contributed by atoms with van der Waals surface area (Å²) < 4.78 is 1.11. The summed E-state index contributed by atoms with van der Waals surface area (Å²) in [5.74, 6) is -0.0376. The number of carbonyl (C=O) groups is 1. The molecule has 0 unspecified atom stereocenters. The van der Waals surface area contributed by atoms with Crippen molar-refractivity contribution >= 4 is 61.8 Å². The summed E-state index contributed by atoms with van der Waals surface area (Å²) in [7, 11) is 4.01. The van der Waals surface area contributed by atoms with Crippen LogP contribution in [0, 0.1) is 0 Å². The summed E-state index contributed by atoms with van der Waals surface area (Å²) in [5.41, 5.74) is 0.938. The lowest BCUT2D eigenvalue weighted by Gasteiger charge is -2.20. The molecule has 3 aromatic rings. The molecule has 0 radical (unpaired) electrons. The fourth-order valence-corrected chi connectivity index (χ4v) is 4.53. The molecule has 2 aromatic heterocycles. The summed E-state index contributed by atoms with van der Waals surface area (Å²) in [6, 6.07) is 10.2. The highest BCUT2D eigenvalue weighted by molar-refractivity contribution is 7.98. The molecule has 7 heteroatoms. The highest BCUT2D eigenvalue weighted by Gasteiger charge is 2.18. The number of aromatic nitrogens is 1. The van der Waals surface area contributed by atoms with E-state index in [1.165, 1.54) is 4.90 Å². The molecule has 0 spiro atoms. The monoisotopic (exact) mass is 403 g/mol. The Morgan fingerprint density at radius 2 is 2.12 bits per heavy atom. The number of thiazole rings is 1. The van der Waals surface area contributed by atoms with Crippen LogP contribution >= 0.6 is 34.4 Å². The Kier molecular flexibility index (Phi) is 6.48. The summed E-state index contributed by atoms with van der Waals surface area (Å²) in [5, 5.41) is 2.76. The molecule has 0 N–H and O–H groups in total. The largest absolute Gasteiger partial charge is 0.308 e. The first-order valence-corrected chi connectivity index (χ1v) is 11.1. The van der Waals surface area contributed by atoms with Gasteiger partial charge in [-0.25, -0.2) is 4.98 Å². The fraction of sp³-hybridized carbons (Fsp3) is 0.263. The van der Waals surface area contributed by atoms with Gasteiger partial charge in [0.1, 0.15) is 0 Å². The number of likely N-dealkylation sites (N-methyl/N-ethyl adjacent to an activating group) is 1. The van der Waals surface area contributed by atoms with E-state index in [9.17, 15) is 4.79 Å². The zero-order chi connectivity index (χ0) is 18.5. The van der Waals surface area contributed by atoms with E-state index in [0.29, 0.717) is 6.54 Å². The van der Waals surface area contributed by atoms with Crippen molar-refractivity contribution in [2.75, 3.05) is 38.3 Å². The zero-order valence-corrected chi connectivity index (χ0v) is 17.5. The van der Waals surface area contributed by atoms with Crippen molar-refractivity contribution in [3.63, 3.8) is 0 Å². The Morgan fingerprint density at radius 1 is 1.27 bits per heavy atom. The predicted molar refractivity (Wildman–Crippen MR) is 116 cm³/mol. The van der Waals surface area contributed by atoms with E-state index < -0.39 is 0 Å². The SMILES string of the molecule is CSc1ccc2nc(N(CCN(C)C)C(=O)/C=C/c3cccs3)sc2c1. The maximum atomic E-state index is 12.8. The van der Waals surface area contributed by atoms with E-state index in [0.717, 1.165) is 26.8 Å². The number of thiophene rings is 1. The third kappa shape index (κ3) is 4.73. The quantitative estimate of drug-likeness (QED) is 0.424. The number of fused-ring (bicyclic) bond motifs is 1. The molecule has 2 heterocycles. The number of amides is 1. The Balaban J connectivity index is 1.88. The molecule has 26 heavy (non-hydrogen) atoms. The smallest absolute Gasteiger partial charge is 0.252 e. The number of rotatable bonds is 7. The number of nitrogens with zero attached hydrogens (tertiary/aromatic N) is 3. The van der Waals surface area contributed by atoms with Gasteiger partial charge in [0.2, 0.25) is 0 Å². The van der Waals surface area contributed by atoms with E-state index >= 15 is 0 Å². The summed E-state index contributed by atoms with van der Waals surface area (Å²) in [6.07, 6.45) is 5.57. The first-order valence-electron chi connectivity index (χ1n) is 8.19. The molecule has 0 aliphatic heterocycles. The van der Waals surface area contributed by atoms with Crippen molar-refractivity contribution in [2.45, 2.75) is 4.90 Å². The molecule has 0 aliphatic carbocycles. The number of hydrogen-bond acceptors (Lipinski definition) is 6. The maximum absolute atomic E-state index is 12.8. The average Bonchev–Trinajstić information content (AvgIpc) is 3.28. The van der Waals surface area contributed by atoms with Crippen molar-refractivity contribution in [2.24, 2.45) is 0 Å². The van der Waals surface area contributed by atoms with Crippen LogP contribution in [0.2, 0.25) is 0 Å². The number of carbonyl (C=O) groups excluding carboxylic acids is 1. The molecule has 4 nitrogen and oxygen atoms in total. The predicted octanol–water partition coefficient (Wildman–Crippen LogP) is 4.69. The van der Waals surface area contributed by atoms with Gasteiger partial charge in [0.05, 0.1) is 10.2 Å². The minimum atomic E-state index is -0.0376. The van der Waals surface area contributed by atoms with Crippen molar-refractivity contribution in [3.05, 3.63) is 46.7 Å². The lowest BCUT2D eigenvalue weighted by Crippen LogP contribution is -2.35. The summed E-state index contributed by atoms with van der Waals surface area (Å²) in [4.78, 5) is 23.7. The molecule has 0 fully saturated rings. The highest BCUT2D eigenvalue weighted by Crippen LogP contribution is 2.31. The molecule has 0 saturated carbocycles. The second kappa shape index (κ2) is 8.81. The first kappa shape index (κ1) is 19.1. The van der Waals surface area contributed by atoms with Crippen LogP contribution < -0.4 is 4.90 Å². The van der Waals surface area contributed by atoms with Gasteiger partial charge >= 0.3 is 0 Å².